The van der Waals surface area contributed by atoms with Crippen molar-refractivity contribution in [2.24, 2.45) is 0 Å². The molecule has 2 heteroatoms. The number of benzene rings is 1. The van der Waals surface area contributed by atoms with E-state index < -0.39 is 0 Å². The van der Waals surface area contributed by atoms with Crippen molar-refractivity contribution in [2.75, 3.05) is 6.61 Å². The number of ketones is 1. The van der Waals surface area contributed by atoms with E-state index in [4.69, 9.17) is 4.74 Å². The molecule has 0 aliphatic carbocycles. The van der Waals surface area contributed by atoms with E-state index in [-0.39, 0.29) is 12.4 Å². The Kier molecular flexibility index (Phi) is 5.06. The Morgan fingerprint density at radius 3 is 2.88 bits per heavy atom. The standard InChI is InChI=1S/C14H16O2/c1-3-4-5-7-13-8-6-9-14(10-13)16-11-12(2)15/h3-10H,11H2,1-2H3/b4-3-,7-5-. The van der Waals surface area contributed by atoms with Crippen molar-refractivity contribution in [2.45, 2.75) is 13.8 Å². The van der Waals surface area contributed by atoms with Crippen LogP contribution < -0.4 is 4.74 Å². The van der Waals surface area contributed by atoms with Crippen molar-refractivity contribution in [3.63, 3.8) is 0 Å². The first-order valence-electron chi connectivity index (χ1n) is 5.24. The number of Topliss-reactive ketones (excluding diaryl/α,β-unsaturated/α-hetero) is 1. The molecule has 84 valence electrons. The van der Waals surface area contributed by atoms with Crippen molar-refractivity contribution >= 4 is 11.9 Å². The molecular weight excluding hydrogens is 200 g/mol. The van der Waals surface area contributed by atoms with Gasteiger partial charge in [-0.15, -0.1) is 0 Å². The van der Waals surface area contributed by atoms with Crippen LogP contribution in [0.5, 0.6) is 5.75 Å². The fourth-order valence-corrected chi connectivity index (χ4v) is 1.17. The molecule has 0 fully saturated rings. The van der Waals surface area contributed by atoms with E-state index in [0.717, 1.165) is 11.3 Å². The molecule has 0 saturated carbocycles. The van der Waals surface area contributed by atoms with E-state index in [9.17, 15) is 4.79 Å². The Hall–Kier alpha value is -1.83. The molecule has 0 bridgehead atoms. The smallest absolute Gasteiger partial charge is 0.167 e. The van der Waals surface area contributed by atoms with Gasteiger partial charge in [0, 0.05) is 0 Å². The van der Waals surface area contributed by atoms with Crippen molar-refractivity contribution in [3.05, 3.63) is 48.1 Å². The van der Waals surface area contributed by atoms with Crippen LogP contribution in [0.15, 0.2) is 42.5 Å². The van der Waals surface area contributed by atoms with E-state index in [1.807, 2.05) is 55.5 Å². The zero-order chi connectivity index (χ0) is 11.8. The van der Waals surface area contributed by atoms with Crippen molar-refractivity contribution in [1.29, 1.82) is 0 Å². The van der Waals surface area contributed by atoms with E-state index in [1.165, 1.54) is 6.92 Å². The maximum atomic E-state index is 10.8. The normalized spacial score (nSPS) is 11.1. The number of hydrogen-bond donors (Lipinski definition) is 0. The first kappa shape index (κ1) is 12.2. The first-order valence-corrected chi connectivity index (χ1v) is 5.24. The lowest BCUT2D eigenvalue weighted by molar-refractivity contribution is -0.118. The quantitative estimate of drug-likeness (QED) is 0.706. The molecule has 1 rings (SSSR count). The predicted molar refractivity (Wildman–Crippen MR) is 66.5 cm³/mol. The van der Waals surface area contributed by atoms with Gasteiger partial charge in [0.2, 0.25) is 0 Å². The molecule has 0 radical (unpaired) electrons. The van der Waals surface area contributed by atoms with Crippen LogP contribution in [-0.4, -0.2) is 12.4 Å². The molecule has 0 aliphatic heterocycles. The van der Waals surface area contributed by atoms with Gasteiger partial charge in [0.1, 0.15) is 12.4 Å². The molecule has 16 heavy (non-hydrogen) atoms. The van der Waals surface area contributed by atoms with Gasteiger partial charge < -0.3 is 4.74 Å². The minimum Gasteiger partial charge on any atom is -0.486 e. The zero-order valence-corrected chi connectivity index (χ0v) is 9.64. The molecule has 1 aromatic carbocycles. The average Bonchev–Trinajstić information content (AvgIpc) is 2.27. The zero-order valence-electron chi connectivity index (χ0n) is 9.64. The molecular formula is C14H16O2. The Morgan fingerprint density at radius 1 is 1.38 bits per heavy atom. The molecule has 0 spiro atoms. The van der Waals surface area contributed by atoms with Crippen LogP contribution in [0.4, 0.5) is 0 Å². The number of carbonyl (C=O) groups is 1. The van der Waals surface area contributed by atoms with Crippen LogP contribution >= 0.6 is 0 Å². The van der Waals surface area contributed by atoms with Crippen molar-refractivity contribution in [1.82, 2.24) is 0 Å². The summed E-state index contributed by atoms with van der Waals surface area (Å²) in [6.45, 7) is 3.61. The monoisotopic (exact) mass is 216 g/mol. The largest absolute Gasteiger partial charge is 0.486 e. The highest BCUT2D eigenvalue weighted by Crippen LogP contribution is 2.14. The molecule has 0 aromatic heterocycles. The van der Waals surface area contributed by atoms with Crippen LogP contribution in [0.3, 0.4) is 0 Å². The van der Waals surface area contributed by atoms with Gasteiger partial charge in [-0.25, -0.2) is 0 Å². The lowest BCUT2D eigenvalue weighted by Gasteiger charge is -2.03. The van der Waals surface area contributed by atoms with Gasteiger partial charge in [-0.1, -0.05) is 36.4 Å². The topological polar surface area (TPSA) is 26.3 Å². The van der Waals surface area contributed by atoms with Crippen LogP contribution in [0.2, 0.25) is 0 Å². The first-order chi connectivity index (χ1) is 7.72. The molecule has 0 heterocycles. The number of allylic oxidation sites excluding steroid dienone is 3. The average molecular weight is 216 g/mol. The molecule has 2 nitrogen and oxygen atoms in total. The highest BCUT2D eigenvalue weighted by atomic mass is 16.5. The predicted octanol–water partition coefficient (Wildman–Crippen LogP) is 3.24. The second-order valence-corrected chi connectivity index (χ2v) is 3.45. The lowest BCUT2D eigenvalue weighted by Crippen LogP contribution is -2.06. The number of carbonyl (C=O) groups excluding carboxylic acids is 1. The van der Waals surface area contributed by atoms with Crippen LogP contribution in [0, 0.1) is 0 Å². The number of rotatable bonds is 5. The summed E-state index contributed by atoms with van der Waals surface area (Å²) < 4.78 is 5.31. The van der Waals surface area contributed by atoms with Gasteiger partial charge in [-0.05, 0) is 31.5 Å². The molecule has 0 amide bonds. The maximum absolute atomic E-state index is 10.8. The van der Waals surface area contributed by atoms with E-state index in [1.54, 1.807) is 0 Å². The molecule has 0 unspecified atom stereocenters. The molecule has 1 aromatic rings. The summed E-state index contributed by atoms with van der Waals surface area (Å²) >= 11 is 0. The maximum Gasteiger partial charge on any atom is 0.167 e. The highest BCUT2D eigenvalue weighted by Gasteiger charge is 1.96. The fourth-order valence-electron chi connectivity index (χ4n) is 1.17. The summed E-state index contributed by atoms with van der Waals surface area (Å²) in [7, 11) is 0. The Labute approximate surface area is 96.2 Å². The van der Waals surface area contributed by atoms with E-state index in [0.29, 0.717) is 0 Å². The van der Waals surface area contributed by atoms with Crippen LogP contribution in [0.25, 0.3) is 6.08 Å². The molecule has 0 aliphatic rings. The summed E-state index contributed by atoms with van der Waals surface area (Å²) in [5.74, 6) is 0.743. The minimum atomic E-state index is 0.0230. The third-order valence-electron chi connectivity index (χ3n) is 1.89. The molecule has 0 saturated heterocycles. The summed E-state index contributed by atoms with van der Waals surface area (Å²) in [6, 6.07) is 7.64. The van der Waals surface area contributed by atoms with E-state index >= 15 is 0 Å². The third kappa shape index (κ3) is 4.60. The molecule has 0 atom stereocenters. The van der Waals surface area contributed by atoms with Gasteiger partial charge in [-0.3, -0.25) is 4.79 Å². The Bertz CT molecular complexity index is 403. The van der Waals surface area contributed by atoms with Crippen LogP contribution in [0.1, 0.15) is 19.4 Å². The summed E-state index contributed by atoms with van der Waals surface area (Å²) in [5.41, 5.74) is 1.05. The summed E-state index contributed by atoms with van der Waals surface area (Å²) in [5, 5.41) is 0. The third-order valence-corrected chi connectivity index (χ3v) is 1.89. The van der Waals surface area contributed by atoms with Crippen LogP contribution in [-0.2, 0) is 4.79 Å². The number of hydrogen-bond acceptors (Lipinski definition) is 2. The van der Waals surface area contributed by atoms with Gasteiger partial charge >= 0.3 is 0 Å². The SMILES string of the molecule is C/C=C\C=C/c1cccc(OCC(C)=O)c1. The van der Waals surface area contributed by atoms with Crippen molar-refractivity contribution < 1.29 is 9.53 Å². The van der Waals surface area contributed by atoms with Gasteiger partial charge in [0.15, 0.2) is 5.78 Å². The highest BCUT2D eigenvalue weighted by molar-refractivity contribution is 5.77. The minimum absolute atomic E-state index is 0.0230. The van der Waals surface area contributed by atoms with Gasteiger partial charge in [0.25, 0.3) is 0 Å². The van der Waals surface area contributed by atoms with Gasteiger partial charge in [0.05, 0.1) is 0 Å². The second kappa shape index (κ2) is 6.62. The van der Waals surface area contributed by atoms with E-state index in [2.05, 4.69) is 0 Å². The molecule has 0 N–H and O–H groups in total. The number of ether oxygens (including phenoxy) is 1. The summed E-state index contributed by atoms with van der Waals surface area (Å²) in [4.78, 5) is 10.8. The van der Waals surface area contributed by atoms with Gasteiger partial charge in [-0.2, -0.15) is 0 Å². The fraction of sp³-hybridized carbons (Fsp3) is 0.214. The Balaban J connectivity index is 2.67. The lowest BCUT2D eigenvalue weighted by atomic mass is 10.2. The van der Waals surface area contributed by atoms with Crippen molar-refractivity contribution in [3.8, 4) is 5.75 Å². The Morgan fingerprint density at radius 2 is 2.19 bits per heavy atom. The second-order valence-electron chi connectivity index (χ2n) is 3.45. The summed E-state index contributed by atoms with van der Waals surface area (Å²) in [6.07, 6.45) is 7.88.